The Kier molecular flexibility index (Phi) is 5.37. The fraction of sp³-hybridized carbons (Fsp3) is 0.467. The van der Waals surface area contributed by atoms with Gasteiger partial charge in [0.05, 0.1) is 18.0 Å². The molecule has 0 bridgehead atoms. The van der Waals surface area contributed by atoms with Crippen molar-refractivity contribution in [1.82, 2.24) is 4.72 Å². The molecule has 114 valence electrons. The molecule has 1 aromatic rings. The molecule has 21 heavy (non-hydrogen) atoms. The maximum absolute atomic E-state index is 12.3. The van der Waals surface area contributed by atoms with Crippen LogP contribution in [-0.4, -0.2) is 34.7 Å². The van der Waals surface area contributed by atoms with E-state index in [-0.39, 0.29) is 17.4 Å². The first-order valence-electron chi connectivity index (χ1n) is 6.90. The summed E-state index contributed by atoms with van der Waals surface area (Å²) >= 11 is 0. The van der Waals surface area contributed by atoms with E-state index in [1.54, 1.807) is 18.2 Å². The van der Waals surface area contributed by atoms with E-state index in [9.17, 15) is 8.42 Å². The van der Waals surface area contributed by atoms with Gasteiger partial charge in [-0.15, -0.1) is 0 Å². The van der Waals surface area contributed by atoms with Gasteiger partial charge < -0.3 is 10.5 Å². The van der Waals surface area contributed by atoms with E-state index in [1.807, 2.05) is 6.92 Å². The molecule has 2 rings (SSSR count). The molecular formula is C15H20N2O3S. The average molecular weight is 308 g/mol. The van der Waals surface area contributed by atoms with Gasteiger partial charge in [0.25, 0.3) is 0 Å². The van der Waals surface area contributed by atoms with E-state index in [0.717, 1.165) is 17.5 Å². The third-order valence-corrected chi connectivity index (χ3v) is 4.84. The number of benzene rings is 1. The van der Waals surface area contributed by atoms with E-state index < -0.39 is 10.0 Å². The number of aryl methyl sites for hydroxylation is 1. The summed E-state index contributed by atoms with van der Waals surface area (Å²) in [6.07, 6.45) is 0.898. The van der Waals surface area contributed by atoms with Gasteiger partial charge in [0, 0.05) is 18.7 Å². The van der Waals surface area contributed by atoms with Gasteiger partial charge in [-0.3, -0.25) is 0 Å². The highest BCUT2D eigenvalue weighted by molar-refractivity contribution is 7.89. The third kappa shape index (κ3) is 4.29. The topological polar surface area (TPSA) is 81.4 Å². The van der Waals surface area contributed by atoms with Crippen molar-refractivity contribution < 1.29 is 13.2 Å². The lowest BCUT2D eigenvalue weighted by Crippen LogP contribution is -2.29. The Morgan fingerprint density at radius 2 is 2.29 bits per heavy atom. The molecule has 5 nitrogen and oxygen atoms in total. The molecule has 1 heterocycles. The van der Waals surface area contributed by atoms with Crippen LogP contribution in [0.25, 0.3) is 0 Å². The molecule has 1 aliphatic rings. The molecule has 1 aromatic carbocycles. The Balaban J connectivity index is 2.10. The first-order chi connectivity index (χ1) is 10.0. The third-order valence-electron chi connectivity index (χ3n) is 3.42. The van der Waals surface area contributed by atoms with E-state index in [1.165, 1.54) is 0 Å². The summed E-state index contributed by atoms with van der Waals surface area (Å²) < 4.78 is 32.4. The minimum Gasteiger partial charge on any atom is -0.381 e. The van der Waals surface area contributed by atoms with Crippen molar-refractivity contribution in [3.63, 3.8) is 0 Å². The van der Waals surface area contributed by atoms with Crippen molar-refractivity contribution in [1.29, 1.82) is 0 Å². The predicted molar refractivity (Wildman–Crippen MR) is 81.2 cm³/mol. The highest BCUT2D eigenvalue weighted by Crippen LogP contribution is 2.16. The Hall–Kier alpha value is -1.39. The van der Waals surface area contributed by atoms with Gasteiger partial charge in [-0.2, -0.15) is 0 Å². The lowest BCUT2D eigenvalue weighted by Gasteiger charge is -2.11. The number of sulfonamides is 1. The van der Waals surface area contributed by atoms with Crippen molar-refractivity contribution in [3.8, 4) is 11.8 Å². The van der Waals surface area contributed by atoms with Crippen LogP contribution in [0.1, 0.15) is 17.5 Å². The molecule has 0 aromatic heterocycles. The molecular weight excluding hydrogens is 288 g/mol. The standard InChI is InChI=1S/C15H20N2O3S/c1-12-9-15(5-4-14(12)3-2-7-16)21(18,19)17-10-13-6-8-20-11-13/h4-5,9,13,17H,6-8,10-11,16H2,1H3. The summed E-state index contributed by atoms with van der Waals surface area (Å²) in [4.78, 5) is 0.261. The SMILES string of the molecule is Cc1cc(S(=O)(=O)NCC2CCOC2)ccc1C#CCN. The smallest absolute Gasteiger partial charge is 0.240 e. The Labute approximate surface area is 125 Å². The molecule has 0 radical (unpaired) electrons. The zero-order valence-corrected chi connectivity index (χ0v) is 12.9. The Morgan fingerprint density at radius 3 is 2.90 bits per heavy atom. The van der Waals surface area contributed by atoms with Crippen LogP contribution >= 0.6 is 0 Å². The van der Waals surface area contributed by atoms with Crippen molar-refractivity contribution in [2.45, 2.75) is 18.2 Å². The first kappa shape index (κ1) is 16.0. The molecule has 1 atom stereocenters. The van der Waals surface area contributed by atoms with Gasteiger partial charge in [-0.25, -0.2) is 13.1 Å². The number of hydrogen-bond donors (Lipinski definition) is 2. The van der Waals surface area contributed by atoms with E-state index in [4.69, 9.17) is 10.5 Å². The summed E-state index contributed by atoms with van der Waals surface area (Å²) in [5, 5.41) is 0. The van der Waals surface area contributed by atoms with Crippen LogP contribution in [0, 0.1) is 24.7 Å². The summed E-state index contributed by atoms with van der Waals surface area (Å²) in [6, 6.07) is 4.92. The second-order valence-electron chi connectivity index (χ2n) is 5.06. The highest BCUT2D eigenvalue weighted by Gasteiger charge is 2.20. The molecule has 3 N–H and O–H groups in total. The minimum atomic E-state index is -3.49. The van der Waals surface area contributed by atoms with Gasteiger partial charge in [0.1, 0.15) is 0 Å². The normalized spacial score (nSPS) is 18.3. The fourth-order valence-corrected chi connectivity index (χ4v) is 3.35. The van der Waals surface area contributed by atoms with E-state index in [2.05, 4.69) is 16.6 Å². The molecule has 0 spiro atoms. The van der Waals surface area contributed by atoms with E-state index in [0.29, 0.717) is 19.8 Å². The summed E-state index contributed by atoms with van der Waals surface area (Å²) in [5.74, 6) is 5.95. The van der Waals surface area contributed by atoms with E-state index >= 15 is 0 Å². The molecule has 1 unspecified atom stereocenters. The van der Waals surface area contributed by atoms with Gasteiger partial charge in [0.2, 0.25) is 10.0 Å². The molecule has 6 heteroatoms. The van der Waals surface area contributed by atoms with Crippen molar-refractivity contribution >= 4 is 10.0 Å². The summed E-state index contributed by atoms with van der Waals surface area (Å²) in [5.41, 5.74) is 6.95. The molecule has 0 amide bonds. The van der Waals surface area contributed by atoms with Gasteiger partial charge in [-0.1, -0.05) is 11.8 Å². The Bertz CT molecular complexity index is 653. The second kappa shape index (κ2) is 7.05. The summed E-state index contributed by atoms with van der Waals surface area (Å²) in [6.45, 7) is 3.86. The zero-order valence-electron chi connectivity index (χ0n) is 12.1. The maximum atomic E-state index is 12.3. The number of ether oxygens (including phenoxy) is 1. The van der Waals surface area contributed by atoms with Gasteiger partial charge in [0.15, 0.2) is 0 Å². The lowest BCUT2D eigenvalue weighted by atomic mass is 10.1. The fourth-order valence-electron chi connectivity index (χ4n) is 2.15. The van der Waals surface area contributed by atoms with Crippen LogP contribution in [0.2, 0.25) is 0 Å². The molecule has 1 fully saturated rings. The molecule has 1 aliphatic heterocycles. The lowest BCUT2D eigenvalue weighted by molar-refractivity contribution is 0.186. The molecule has 0 saturated carbocycles. The second-order valence-corrected chi connectivity index (χ2v) is 6.83. The van der Waals surface area contributed by atoms with Crippen LogP contribution in [0.3, 0.4) is 0 Å². The van der Waals surface area contributed by atoms with Crippen LogP contribution < -0.4 is 10.5 Å². The first-order valence-corrected chi connectivity index (χ1v) is 8.38. The van der Waals surface area contributed by atoms with Crippen LogP contribution in [0.15, 0.2) is 23.1 Å². The molecule has 0 aliphatic carbocycles. The summed E-state index contributed by atoms with van der Waals surface area (Å²) in [7, 11) is -3.49. The highest BCUT2D eigenvalue weighted by atomic mass is 32.2. The van der Waals surface area contributed by atoms with Crippen LogP contribution in [0.4, 0.5) is 0 Å². The van der Waals surface area contributed by atoms with Crippen LogP contribution in [-0.2, 0) is 14.8 Å². The predicted octanol–water partition coefficient (Wildman–Crippen LogP) is 0.620. The number of nitrogens with two attached hydrogens (primary N) is 1. The monoisotopic (exact) mass is 308 g/mol. The van der Waals surface area contributed by atoms with Crippen molar-refractivity contribution in [2.24, 2.45) is 11.7 Å². The van der Waals surface area contributed by atoms with Crippen molar-refractivity contribution in [2.75, 3.05) is 26.3 Å². The minimum absolute atomic E-state index is 0.260. The number of hydrogen-bond acceptors (Lipinski definition) is 4. The number of nitrogens with one attached hydrogen (secondary N) is 1. The average Bonchev–Trinajstić information content (AvgIpc) is 2.97. The largest absolute Gasteiger partial charge is 0.381 e. The van der Waals surface area contributed by atoms with Crippen LogP contribution in [0.5, 0.6) is 0 Å². The molecule has 1 saturated heterocycles. The zero-order chi connectivity index (χ0) is 15.3. The maximum Gasteiger partial charge on any atom is 0.240 e. The van der Waals surface area contributed by atoms with Gasteiger partial charge >= 0.3 is 0 Å². The van der Waals surface area contributed by atoms with Crippen molar-refractivity contribution in [3.05, 3.63) is 29.3 Å². The van der Waals surface area contributed by atoms with Gasteiger partial charge in [-0.05, 0) is 43.0 Å². The number of rotatable bonds is 4. The quantitative estimate of drug-likeness (QED) is 0.799. The Morgan fingerprint density at radius 1 is 1.48 bits per heavy atom.